The summed E-state index contributed by atoms with van der Waals surface area (Å²) in [6.45, 7) is 5.68. The number of benzene rings is 1. The van der Waals surface area contributed by atoms with Gasteiger partial charge in [-0.1, -0.05) is 30.3 Å². The van der Waals surface area contributed by atoms with Gasteiger partial charge in [-0.3, -0.25) is 9.59 Å². The molecule has 26 heavy (non-hydrogen) atoms. The molecule has 2 saturated heterocycles. The lowest BCUT2D eigenvalue weighted by atomic mass is 10.1. The average molecular weight is 358 g/mol. The van der Waals surface area contributed by atoms with Gasteiger partial charge in [0.2, 0.25) is 11.8 Å². The van der Waals surface area contributed by atoms with Gasteiger partial charge in [0.05, 0.1) is 0 Å². The third-order valence-corrected chi connectivity index (χ3v) is 4.82. The first-order chi connectivity index (χ1) is 12.5. The van der Waals surface area contributed by atoms with Gasteiger partial charge in [0.25, 0.3) is 0 Å². The van der Waals surface area contributed by atoms with Crippen molar-refractivity contribution in [2.75, 3.05) is 26.2 Å². The second kappa shape index (κ2) is 7.76. The standard InChI is InChI=1S/C19H26N4O3/c1-14(2)20-19(26)21-9-8-16-18(25)22(12-15-6-4-3-5-7-15)13-17(24)23(16)11-10-21/h3-7,14,16H,8-13H2,1-2H3,(H,20,26). The third-order valence-electron chi connectivity index (χ3n) is 4.82. The molecule has 0 aliphatic carbocycles. The first kappa shape index (κ1) is 18.2. The number of piperazine rings is 1. The molecule has 2 heterocycles. The number of hydrogen-bond donors (Lipinski definition) is 1. The van der Waals surface area contributed by atoms with Crippen LogP contribution in [0.25, 0.3) is 0 Å². The Hall–Kier alpha value is -2.57. The van der Waals surface area contributed by atoms with Gasteiger partial charge in [-0.2, -0.15) is 0 Å². The first-order valence-electron chi connectivity index (χ1n) is 9.13. The SMILES string of the molecule is CC(C)NC(=O)N1CCC2C(=O)N(Cc3ccccc3)CC(=O)N2CC1. The van der Waals surface area contributed by atoms with Crippen LogP contribution in [0.4, 0.5) is 4.79 Å². The lowest BCUT2D eigenvalue weighted by Gasteiger charge is -2.39. The zero-order valence-electron chi connectivity index (χ0n) is 15.4. The van der Waals surface area contributed by atoms with E-state index in [1.54, 1.807) is 14.7 Å². The number of nitrogens with one attached hydrogen (secondary N) is 1. The predicted molar refractivity (Wildman–Crippen MR) is 97.2 cm³/mol. The molecule has 2 aliphatic heterocycles. The summed E-state index contributed by atoms with van der Waals surface area (Å²) in [5.41, 5.74) is 1.01. The number of carbonyl (C=O) groups is 3. The summed E-state index contributed by atoms with van der Waals surface area (Å²) in [5.74, 6) is -0.0729. The molecule has 1 unspecified atom stereocenters. The van der Waals surface area contributed by atoms with Crippen LogP contribution in [-0.2, 0) is 16.1 Å². The highest BCUT2D eigenvalue weighted by Crippen LogP contribution is 2.21. The maximum absolute atomic E-state index is 12.9. The van der Waals surface area contributed by atoms with Gasteiger partial charge in [-0.15, -0.1) is 0 Å². The van der Waals surface area contributed by atoms with Crippen molar-refractivity contribution in [2.45, 2.75) is 38.9 Å². The van der Waals surface area contributed by atoms with Crippen LogP contribution in [0.2, 0.25) is 0 Å². The number of amides is 4. The molecule has 2 aliphatic rings. The number of carbonyl (C=O) groups excluding carboxylic acids is 3. The molecule has 0 bridgehead atoms. The molecule has 1 atom stereocenters. The van der Waals surface area contributed by atoms with Crippen molar-refractivity contribution in [3.8, 4) is 0 Å². The van der Waals surface area contributed by atoms with Crippen LogP contribution in [0.3, 0.4) is 0 Å². The van der Waals surface area contributed by atoms with E-state index in [9.17, 15) is 14.4 Å². The molecule has 7 nitrogen and oxygen atoms in total. The summed E-state index contributed by atoms with van der Waals surface area (Å²) >= 11 is 0. The Morgan fingerprint density at radius 1 is 1.15 bits per heavy atom. The minimum atomic E-state index is -0.475. The van der Waals surface area contributed by atoms with Crippen LogP contribution < -0.4 is 5.32 Å². The number of urea groups is 1. The van der Waals surface area contributed by atoms with Crippen molar-refractivity contribution < 1.29 is 14.4 Å². The molecule has 0 aromatic heterocycles. The highest BCUT2D eigenvalue weighted by atomic mass is 16.2. The van der Waals surface area contributed by atoms with Crippen LogP contribution >= 0.6 is 0 Å². The molecule has 3 rings (SSSR count). The highest BCUT2D eigenvalue weighted by molar-refractivity contribution is 5.95. The average Bonchev–Trinajstić information content (AvgIpc) is 2.83. The normalized spacial score (nSPS) is 20.9. The van der Waals surface area contributed by atoms with Gasteiger partial charge in [0.15, 0.2) is 0 Å². The quantitative estimate of drug-likeness (QED) is 0.878. The number of fused-ring (bicyclic) bond motifs is 1. The van der Waals surface area contributed by atoms with E-state index in [1.807, 2.05) is 44.2 Å². The zero-order valence-corrected chi connectivity index (χ0v) is 15.4. The fourth-order valence-electron chi connectivity index (χ4n) is 3.51. The van der Waals surface area contributed by atoms with Gasteiger partial charge < -0.3 is 20.0 Å². The summed E-state index contributed by atoms with van der Waals surface area (Å²) in [4.78, 5) is 42.7. The van der Waals surface area contributed by atoms with Crippen LogP contribution in [0, 0.1) is 0 Å². The maximum Gasteiger partial charge on any atom is 0.317 e. The lowest BCUT2D eigenvalue weighted by molar-refractivity contribution is -0.156. The van der Waals surface area contributed by atoms with E-state index in [0.29, 0.717) is 32.6 Å². The van der Waals surface area contributed by atoms with Crippen LogP contribution in [0.1, 0.15) is 25.8 Å². The van der Waals surface area contributed by atoms with Crippen molar-refractivity contribution in [3.05, 3.63) is 35.9 Å². The molecule has 0 radical (unpaired) electrons. The lowest BCUT2D eigenvalue weighted by Crippen LogP contribution is -2.59. The van der Waals surface area contributed by atoms with Crippen molar-refractivity contribution in [1.29, 1.82) is 0 Å². The van der Waals surface area contributed by atoms with E-state index >= 15 is 0 Å². The molecule has 0 saturated carbocycles. The molecule has 7 heteroatoms. The Morgan fingerprint density at radius 2 is 1.88 bits per heavy atom. The second-order valence-corrected chi connectivity index (χ2v) is 7.16. The Kier molecular flexibility index (Phi) is 5.44. The van der Waals surface area contributed by atoms with E-state index in [0.717, 1.165) is 5.56 Å². The molecular formula is C19H26N4O3. The minimum Gasteiger partial charge on any atom is -0.336 e. The minimum absolute atomic E-state index is 0.0282. The molecule has 140 valence electrons. The Bertz CT molecular complexity index is 677. The fraction of sp³-hybridized carbons (Fsp3) is 0.526. The summed E-state index contributed by atoms with van der Waals surface area (Å²) < 4.78 is 0. The van der Waals surface area contributed by atoms with E-state index in [1.165, 1.54) is 0 Å². The first-order valence-corrected chi connectivity index (χ1v) is 9.13. The Labute approximate surface area is 153 Å². The molecule has 2 fully saturated rings. The molecular weight excluding hydrogens is 332 g/mol. The molecule has 1 aromatic rings. The van der Waals surface area contributed by atoms with Gasteiger partial charge in [0, 0.05) is 32.2 Å². The summed E-state index contributed by atoms with van der Waals surface area (Å²) in [7, 11) is 0. The molecule has 1 N–H and O–H groups in total. The number of rotatable bonds is 3. The molecule has 4 amide bonds. The second-order valence-electron chi connectivity index (χ2n) is 7.16. The highest BCUT2D eigenvalue weighted by Gasteiger charge is 2.41. The van der Waals surface area contributed by atoms with Gasteiger partial charge in [-0.25, -0.2) is 4.79 Å². The Morgan fingerprint density at radius 3 is 2.58 bits per heavy atom. The molecule has 0 spiro atoms. The fourth-order valence-corrected chi connectivity index (χ4v) is 3.51. The van der Waals surface area contributed by atoms with Crippen molar-refractivity contribution in [3.63, 3.8) is 0 Å². The molecule has 1 aromatic carbocycles. The van der Waals surface area contributed by atoms with Crippen LogP contribution in [0.5, 0.6) is 0 Å². The van der Waals surface area contributed by atoms with Gasteiger partial charge in [-0.05, 0) is 25.8 Å². The van der Waals surface area contributed by atoms with Crippen molar-refractivity contribution >= 4 is 17.8 Å². The maximum atomic E-state index is 12.9. The third kappa shape index (κ3) is 3.98. The van der Waals surface area contributed by atoms with Gasteiger partial charge >= 0.3 is 6.03 Å². The van der Waals surface area contributed by atoms with E-state index in [2.05, 4.69) is 5.32 Å². The van der Waals surface area contributed by atoms with E-state index < -0.39 is 6.04 Å². The smallest absolute Gasteiger partial charge is 0.317 e. The monoisotopic (exact) mass is 358 g/mol. The summed E-state index contributed by atoms with van der Waals surface area (Å²) in [5, 5.41) is 2.87. The van der Waals surface area contributed by atoms with E-state index in [4.69, 9.17) is 0 Å². The number of nitrogens with zero attached hydrogens (tertiary/aromatic N) is 3. The Balaban J connectivity index is 1.69. The summed E-state index contributed by atoms with van der Waals surface area (Å²) in [6.07, 6.45) is 0.474. The van der Waals surface area contributed by atoms with Gasteiger partial charge in [0.1, 0.15) is 12.6 Å². The van der Waals surface area contributed by atoms with Crippen LogP contribution in [0.15, 0.2) is 30.3 Å². The van der Waals surface area contributed by atoms with Crippen LogP contribution in [-0.4, -0.2) is 70.8 Å². The number of hydrogen-bond acceptors (Lipinski definition) is 3. The van der Waals surface area contributed by atoms with Crippen molar-refractivity contribution in [1.82, 2.24) is 20.0 Å². The van der Waals surface area contributed by atoms with Crippen molar-refractivity contribution in [2.24, 2.45) is 0 Å². The largest absolute Gasteiger partial charge is 0.336 e. The zero-order chi connectivity index (χ0) is 18.7. The summed E-state index contributed by atoms with van der Waals surface area (Å²) in [6, 6.07) is 9.13. The van der Waals surface area contributed by atoms with E-state index in [-0.39, 0.29) is 30.4 Å². The topological polar surface area (TPSA) is 73.0 Å². The predicted octanol–water partition coefficient (Wildman–Crippen LogP) is 1.05.